The molecule has 0 radical (unpaired) electrons. The van der Waals surface area contributed by atoms with E-state index in [0.717, 1.165) is 36.2 Å². The zero-order valence-corrected chi connectivity index (χ0v) is 14.8. The van der Waals surface area contributed by atoms with Gasteiger partial charge in [0.25, 0.3) is 0 Å². The molecule has 0 amide bonds. The van der Waals surface area contributed by atoms with Gasteiger partial charge in [0.2, 0.25) is 0 Å². The van der Waals surface area contributed by atoms with E-state index in [1.165, 1.54) is 18.2 Å². The molecule has 0 bridgehead atoms. The van der Waals surface area contributed by atoms with Crippen LogP contribution in [0.1, 0.15) is 36.1 Å². The van der Waals surface area contributed by atoms with E-state index in [-0.39, 0.29) is 23.3 Å². The molecular weight excluding hydrogens is 359 g/mol. The van der Waals surface area contributed by atoms with Crippen molar-refractivity contribution in [3.05, 3.63) is 41.0 Å². The van der Waals surface area contributed by atoms with E-state index in [4.69, 9.17) is 0 Å². The average molecular weight is 379 g/mol. The first-order valence-corrected chi connectivity index (χ1v) is 8.99. The van der Waals surface area contributed by atoms with Gasteiger partial charge in [-0.15, -0.1) is 13.2 Å². The van der Waals surface area contributed by atoms with Crippen molar-refractivity contribution in [3.8, 4) is 28.4 Å². The van der Waals surface area contributed by atoms with Crippen molar-refractivity contribution in [1.29, 1.82) is 0 Å². The van der Waals surface area contributed by atoms with Gasteiger partial charge in [-0.3, -0.25) is 4.90 Å². The Bertz CT molecular complexity index is 895. The Kier molecular flexibility index (Phi) is 4.22. The van der Waals surface area contributed by atoms with Gasteiger partial charge in [0, 0.05) is 18.2 Å². The number of alkyl halides is 3. The molecule has 0 aromatic heterocycles. The third kappa shape index (κ3) is 3.10. The molecule has 0 spiro atoms. The number of fused-ring (bicyclic) bond motifs is 2. The molecule has 0 saturated carbocycles. The van der Waals surface area contributed by atoms with Crippen LogP contribution in [-0.2, 0) is 12.8 Å². The van der Waals surface area contributed by atoms with Crippen molar-refractivity contribution in [2.75, 3.05) is 13.1 Å². The zero-order valence-electron chi connectivity index (χ0n) is 14.8. The van der Waals surface area contributed by atoms with Crippen LogP contribution in [0.5, 0.6) is 17.2 Å². The number of halogens is 3. The highest BCUT2D eigenvalue weighted by Gasteiger charge is 2.38. The van der Waals surface area contributed by atoms with Gasteiger partial charge in [-0.1, -0.05) is 13.0 Å². The van der Waals surface area contributed by atoms with E-state index in [1.54, 1.807) is 6.07 Å². The van der Waals surface area contributed by atoms with Gasteiger partial charge >= 0.3 is 6.36 Å². The fourth-order valence-corrected chi connectivity index (χ4v) is 4.37. The number of benzene rings is 2. The molecular formula is C20H20F3NO3. The maximum absolute atomic E-state index is 12.8. The molecule has 1 heterocycles. The molecule has 0 fully saturated rings. The smallest absolute Gasteiger partial charge is 0.504 e. The molecule has 1 atom stereocenters. The number of rotatable bonds is 3. The molecule has 4 nitrogen and oxygen atoms in total. The Hall–Kier alpha value is -2.41. The fraction of sp³-hybridized carbons (Fsp3) is 0.400. The first kappa shape index (κ1) is 18.0. The molecule has 1 aliphatic carbocycles. The molecule has 1 aliphatic heterocycles. The summed E-state index contributed by atoms with van der Waals surface area (Å²) in [6.45, 7) is 3.75. The Morgan fingerprint density at radius 3 is 2.67 bits per heavy atom. The van der Waals surface area contributed by atoms with Gasteiger partial charge in [-0.25, -0.2) is 0 Å². The normalized spacial score (nSPS) is 18.7. The lowest BCUT2D eigenvalue weighted by molar-refractivity contribution is -0.274. The minimum atomic E-state index is -4.79. The highest BCUT2D eigenvalue weighted by atomic mass is 19.4. The van der Waals surface area contributed by atoms with Crippen molar-refractivity contribution in [2.45, 2.75) is 38.6 Å². The van der Waals surface area contributed by atoms with Crippen LogP contribution in [0.4, 0.5) is 13.2 Å². The van der Waals surface area contributed by atoms with Crippen LogP contribution < -0.4 is 4.74 Å². The lowest BCUT2D eigenvalue weighted by Gasteiger charge is -2.42. The van der Waals surface area contributed by atoms with Crippen LogP contribution in [0.3, 0.4) is 0 Å². The molecule has 27 heavy (non-hydrogen) atoms. The second kappa shape index (κ2) is 6.34. The summed E-state index contributed by atoms with van der Waals surface area (Å²) in [5, 5.41) is 20.4. The predicted octanol–water partition coefficient (Wildman–Crippen LogP) is 4.53. The van der Waals surface area contributed by atoms with Gasteiger partial charge in [-0.2, -0.15) is 0 Å². The van der Waals surface area contributed by atoms with Crippen LogP contribution in [0.25, 0.3) is 11.1 Å². The van der Waals surface area contributed by atoms with Crippen molar-refractivity contribution in [3.63, 3.8) is 0 Å². The maximum Gasteiger partial charge on any atom is 0.573 e. The monoisotopic (exact) mass is 379 g/mol. The summed E-state index contributed by atoms with van der Waals surface area (Å²) >= 11 is 0. The summed E-state index contributed by atoms with van der Waals surface area (Å²) < 4.78 is 42.5. The van der Waals surface area contributed by atoms with E-state index < -0.39 is 6.36 Å². The minimum absolute atomic E-state index is 0.0417. The van der Waals surface area contributed by atoms with E-state index >= 15 is 0 Å². The predicted molar refractivity (Wildman–Crippen MR) is 93.9 cm³/mol. The fourth-order valence-electron chi connectivity index (χ4n) is 4.37. The van der Waals surface area contributed by atoms with Crippen molar-refractivity contribution in [2.24, 2.45) is 0 Å². The molecule has 2 aliphatic rings. The number of phenols is 2. The molecule has 7 heteroatoms. The van der Waals surface area contributed by atoms with Gasteiger partial charge in [0.1, 0.15) is 5.75 Å². The van der Waals surface area contributed by atoms with Crippen molar-refractivity contribution < 1.29 is 28.1 Å². The summed E-state index contributed by atoms with van der Waals surface area (Å²) in [5.41, 5.74) is 3.44. The van der Waals surface area contributed by atoms with E-state index in [9.17, 15) is 23.4 Å². The first-order valence-electron chi connectivity index (χ1n) is 8.99. The average Bonchev–Trinajstić information content (AvgIpc) is 2.59. The van der Waals surface area contributed by atoms with E-state index in [1.807, 2.05) is 0 Å². The lowest BCUT2D eigenvalue weighted by atomic mass is 9.76. The van der Waals surface area contributed by atoms with E-state index in [0.29, 0.717) is 24.0 Å². The molecule has 2 N–H and O–H groups in total. The SMILES string of the molecule is CCCN1CCc2cc(OC(F)(F)F)cc3c2[C@H]1Cc1ccc(O)c(O)c1-3. The van der Waals surface area contributed by atoms with Crippen LogP contribution in [0, 0.1) is 0 Å². The number of ether oxygens (including phenoxy) is 1. The summed E-state index contributed by atoms with van der Waals surface area (Å²) in [6, 6.07) is 5.96. The number of hydrogen-bond donors (Lipinski definition) is 2. The topological polar surface area (TPSA) is 52.9 Å². The molecule has 2 aromatic carbocycles. The number of aromatic hydroxyl groups is 2. The van der Waals surface area contributed by atoms with Crippen LogP contribution in [0.15, 0.2) is 24.3 Å². The third-order valence-electron chi connectivity index (χ3n) is 5.35. The van der Waals surface area contributed by atoms with Gasteiger partial charge in [-0.05, 0) is 66.3 Å². The minimum Gasteiger partial charge on any atom is -0.504 e. The summed E-state index contributed by atoms with van der Waals surface area (Å²) in [6.07, 6.45) is -2.56. The van der Waals surface area contributed by atoms with Crippen LogP contribution in [-0.4, -0.2) is 34.6 Å². The Labute approximate surface area is 154 Å². The summed E-state index contributed by atoms with van der Waals surface area (Å²) in [5.74, 6) is -0.885. The van der Waals surface area contributed by atoms with Crippen LogP contribution >= 0.6 is 0 Å². The standard InChI is InChI=1S/C20H20F3NO3/c1-2-6-24-7-5-12-8-13(27-20(21,22)23)10-14-17(12)15(24)9-11-3-4-16(25)19(26)18(11)14/h3-4,8,10,15,25-26H,2,5-7,9H2,1H3/t15-/m1/s1. The Morgan fingerprint density at radius 2 is 1.96 bits per heavy atom. The first-order chi connectivity index (χ1) is 12.8. The molecule has 144 valence electrons. The van der Waals surface area contributed by atoms with Gasteiger partial charge < -0.3 is 14.9 Å². The van der Waals surface area contributed by atoms with Gasteiger partial charge in [0.15, 0.2) is 11.5 Å². The second-order valence-corrected chi connectivity index (χ2v) is 7.06. The largest absolute Gasteiger partial charge is 0.573 e. The highest BCUT2D eigenvalue weighted by molar-refractivity contribution is 5.83. The number of hydrogen-bond acceptors (Lipinski definition) is 4. The summed E-state index contributed by atoms with van der Waals surface area (Å²) in [4.78, 5) is 2.34. The molecule has 4 rings (SSSR count). The van der Waals surface area contributed by atoms with Crippen LogP contribution in [0.2, 0.25) is 0 Å². The molecule has 2 aromatic rings. The number of phenolic OH excluding ortho intramolecular Hbond substituents is 2. The maximum atomic E-state index is 12.8. The third-order valence-corrected chi connectivity index (χ3v) is 5.35. The van der Waals surface area contributed by atoms with Crippen molar-refractivity contribution in [1.82, 2.24) is 4.90 Å². The Balaban J connectivity index is 1.93. The summed E-state index contributed by atoms with van der Waals surface area (Å²) in [7, 11) is 0. The zero-order chi connectivity index (χ0) is 19.3. The Morgan fingerprint density at radius 1 is 1.19 bits per heavy atom. The lowest BCUT2D eigenvalue weighted by Crippen LogP contribution is -2.39. The molecule has 0 saturated heterocycles. The second-order valence-electron chi connectivity index (χ2n) is 7.06. The highest BCUT2D eigenvalue weighted by Crippen LogP contribution is 2.51. The van der Waals surface area contributed by atoms with E-state index in [2.05, 4.69) is 16.6 Å². The molecule has 0 unspecified atom stereocenters. The number of nitrogens with zero attached hydrogens (tertiary/aromatic N) is 1. The van der Waals surface area contributed by atoms with Crippen molar-refractivity contribution >= 4 is 0 Å². The quantitative estimate of drug-likeness (QED) is 0.770. The van der Waals surface area contributed by atoms with Gasteiger partial charge in [0.05, 0.1) is 0 Å².